The third-order valence-corrected chi connectivity index (χ3v) is 4.86. The quantitative estimate of drug-likeness (QED) is 0.186. The van der Waals surface area contributed by atoms with Crippen LogP contribution in [0.4, 0.5) is 0 Å². The van der Waals surface area contributed by atoms with Crippen LogP contribution in [0.25, 0.3) is 0 Å². The van der Waals surface area contributed by atoms with Crippen molar-refractivity contribution in [3.8, 4) is 11.8 Å². The van der Waals surface area contributed by atoms with Gasteiger partial charge in [-0.05, 0) is 32.1 Å². The summed E-state index contributed by atoms with van der Waals surface area (Å²) in [5.74, 6) is 6.33. The molecule has 2 atom stereocenters. The van der Waals surface area contributed by atoms with Crippen molar-refractivity contribution in [2.75, 3.05) is 0 Å². The van der Waals surface area contributed by atoms with E-state index in [4.69, 9.17) is 4.74 Å². The zero-order valence-electron chi connectivity index (χ0n) is 16.7. The van der Waals surface area contributed by atoms with Crippen molar-refractivity contribution in [2.24, 2.45) is 0 Å². The predicted molar refractivity (Wildman–Crippen MR) is 108 cm³/mol. The Kier molecular flexibility index (Phi) is 14.0. The van der Waals surface area contributed by atoms with Gasteiger partial charge < -0.3 is 9.84 Å². The Morgan fingerprint density at radius 1 is 1.04 bits per heavy atom. The van der Waals surface area contributed by atoms with Gasteiger partial charge in [0.15, 0.2) is 0 Å². The zero-order chi connectivity index (χ0) is 18.9. The van der Waals surface area contributed by atoms with E-state index >= 15 is 0 Å². The van der Waals surface area contributed by atoms with E-state index in [2.05, 4.69) is 30.9 Å². The fourth-order valence-electron chi connectivity index (χ4n) is 3.19. The molecule has 1 N–H and O–H groups in total. The second-order valence-electron chi connectivity index (χ2n) is 7.30. The molecule has 1 heterocycles. The van der Waals surface area contributed by atoms with Crippen LogP contribution in [0.2, 0.25) is 0 Å². The molecule has 148 valence electrons. The molecule has 1 rings (SSSR count). The van der Waals surface area contributed by atoms with Crippen LogP contribution >= 0.6 is 0 Å². The van der Waals surface area contributed by atoms with E-state index in [1.54, 1.807) is 0 Å². The maximum atomic E-state index is 11.0. The summed E-state index contributed by atoms with van der Waals surface area (Å²) in [6.07, 6.45) is 19.7. The Morgan fingerprint density at radius 3 is 2.38 bits per heavy atom. The first-order chi connectivity index (χ1) is 12.7. The number of hydrogen-bond donors (Lipinski definition) is 1. The molecule has 0 spiro atoms. The Hall–Kier alpha value is -1.27. The van der Waals surface area contributed by atoms with Gasteiger partial charge in [-0.25, -0.2) is 0 Å². The molecule has 26 heavy (non-hydrogen) atoms. The normalized spacial score (nSPS) is 17.9. The minimum absolute atomic E-state index is 0.185. The molecule has 0 aromatic heterocycles. The summed E-state index contributed by atoms with van der Waals surface area (Å²) in [6.45, 7) is 2.26. The topological polar surface area (TPSA) is 46.5 Å². The summed E-state index contributed by atoms with van der Waals surface area (Å²) < 4.78 is 5.07. The summed E-state index contributed by atoms with van der Waals surface area (Å²) >= 11 is 0. The molecule has 0 bridgehead atoms. The van der Waals surface area contributed by atoms with Gasteiger partial charge in [0.25, 0.3) is 0 Å². The van der Waals surface area contributed by atoms with Crippen molar-refractivity contribution in [1.29, 1.82) is 0 Å². The molecule has 0 unspecified atom stereocenters. The highest BCUT2D eigenvalue weighted by atomic mass is 16.6. The lowest BCUT2D eigenvalue weighted by molar-refractivity contribution is -0.145. The average molecular weight is 363 g/mol. The number of allylic oxidation sites excluding steroid dienone is 2. The van der Waals surface area contributed by atoms with Crippen LogP contribution < -0.4 is 0 Å². The van der Waals surface area contributed by atoms with Gasteiger partial charge in [-0.1, -0.05) is 64.0 Å². The first-order valence-corrected chi connectivity index (χ1v) is 10.7. The third kappa shape index (κ3) is 12.1. The highest BCUT2D eigenvalue weighted by Gasteiger charge is 2.29. The number of aliphatic hydroxyl groups is 1. The molecule has 0 saturated carbocycles. The molecular weight excluding hydrogens is 324 g/mol. The van der Waals surface area contributed by atoms with Crippen molar-refractivity contribution in [1.82, 2.24) is 0 Å². The van der Waals surface area contributed by atoms with Crippen molar-refractivity contribution in [3.63, 3.8) is 0 Å². The number of hydrogen-bond acceptors (Lipinski definition) is 3. The summed E-state index contributed by atoms with van der Waals surface area (Å²) in [5, 5.41) is 9.95. The Morgan fingerprint density at radius 2 is 1.69 bits per heavy atom. The van der Waals surface area contributed by atoms with Gasteiger partial charge in [-0.2, -0.15) is 0 Å². The van der Waals surface area contributed by atoms with Gasteiger partial charge in [-0.3, -0.25) is 4.79 Å². The highest BCUT2D eigenvalue weighted by molar-refractivity contribution is 5.71. The van der Waals surface area contributed by atoms with Gasteiger partial charge >= 0.3 is 5.97 Å². The van der Waals surface area contributed by atoms with Crippen LogP contribution in [0, 0.1) is 11.8 Å². The SMILES string of the molecule is CCCCCCCCCCC#CCC/C=C\CC[C@@H](O)[C@H]1CCC(=O)O1. The van der Waals surface area contributed by atoms with E-state index in [0.29, 0.717) is 19.3 Å². The first kappa shape index (κ1) is 22.8. The van der Waals surface area contributed by atoms with Gasteiger partial charge in [0.05, 0.1) is 6.10 Å². The summed E-state index contributed by atoms with van der Waals surface area (Å²) in [4.78, 5) is 11.0. The molecule has 0 aromatic rings. The van der Waals surface area contributed by atoms with Crippen molar-refractivity contribution >= 4 is 5.97 Å². The predicted octanol–water partition coefficient (Wildman–Crippen LogP) is 5.70. The Bertz CT molecular complexity index is 444. The molecule has 1 saturated heterocycles. The molecule has 0 radical (unpaired) electrons. The molecule has 3 nitrogen and oxygen atoms in total. The molecule has 1 fully saturated rings. The number of cyclic esters (lactones) is 1. The maximum absolute atomic E-state index is 11.0. The van der Waals surface area contributed by atoms with Crippen LogP contribution in [0.1, 0.15) is 103 Å². The molecule has 0 aliphatic carbocycles. The average Bonchev–Trinajstić information content (AvgIpc) is 3.07. The number of carbonyl (C=O) groups excluding carboxylic acids is 1. The van der Waals surface area contributed by atoms with Gasteiger partial charge in [-0.15, -0.1) is 11.8 Å². The Balaban J connectivity index is 1.87. The van der Waals surface area contributed by atoms with Crippen molar-refractivity contribution in [2.45, 2.75) is 115 Å². The molecule has 1 aliphatic heterocycles. The molecule has 0 aromatic carbocycles. The van der Waals surface area contributed by atoms with Crippen LogP contribution in [-0.4, -0.2) is 23.3 Å². The van der Waals surface area contributed by atoms with E-state index in [9.17, 15) is 9.90 Å². The summed E-state index contributed by atoms with van der Waals surface area (Å²) in [7, 11) is 0. The van der Waals surface area contributed by atoms with E-state index in [1.165, 1.54) is 51.4 Å². The van der Waals surface area contributed by atoms with Crippen LogP contribution in [-0.2, 0) is 9.53 Å². The zero-order valence-corrected chi connectivity index (χ0v) is 16.7. The van der Waals surface area contributed by atoms with E-state index in [0.717, 1.165) is 25.7 Å². The molecule has 0 amide bonds. The van der Waals surface area contributed by atoms with Crippen molar-refractivity contribution < 1.29 is 14.6 Å². The van der Waals surface area contributed by atoms with Gasteiger partial charge in [0.2, 0.25) is 0 Å². The lowest BCUT2D eigenvalue weighted by atomic mass is 10.1. The number of esters is 1. The smallest absolute Gasteiger partial charge is 0.306 e. The second kappa shape index (κ2) is 15.9. The van der Waals surface area contributed by atoms with Crippen LogP contribution in [0.3, 0.4) is 0 Å². The third-order valence-electron chi connectivity index (χ3n) is 4.86. The van der Waals surface area contributed by atoms with E-state index in [-0.39, 0.29) is 12.1 Å². The lowest BCUT2D eigenvalue weighted by Crippen LogP contribution is -2.25. The maximum Gasteiger partial charge on any atom is 0.306 e. The highest BCUT2D eigenvalue weighted by Crippen LogP contribution is 2.19. The first-order valence-electron chi connectivity index (χ1n) is 10.7. The summed E-state index contributed by atoms with van der Waals surface area (Å²) in [6, 6.07) is 0. The van der Waals surface area contributed by atoms with Gasteiger partial charge in [0.1, 0.15) is 6.10 Å². The number of unbranched alkanes of at least 4 members (excludes halogenated alkanes) is 9. The second-order valence-corrected chi connectivity index (χ2v) is 7.30. The number of aliphatic hydroxyl groups excluding tert-OH is 1. The van der Waals surface area contributed by atoms with Crippen LogP contribution in [0.5, 0.6) is 0 Å². The standard InChI is InChI=1S/C23H38O3/c1-2-3-4-5-6-7-8-9-10-11-12-13-14-15-16-17-18-21(24)22-19-20-23(25)26-22/h15-16,21-22,24H,2-10,13-14,17-20H2,1H3/b16-15-/t21-,22-/m1/s1. The summed E-state index contributed by atoms with van der Waals surface area (Å²) in [5.41, 5.74) is 0. The fraction of sp³-hybridized carbons (Fsp3) is 0.783. The molecule has 1 aliphatic rings. The Labute approximate surface area is 160 Å². The van der Waals surface area contributed by atoms with Gasteiger partial charge in [0, 0.05) is 19.3 Å². The monoisotopic (exact) mass is 362 g/mol. The minimum atomic E-state index is -0.530. The number of ether oxygens (including phenoxy) is 1. The molecular formula is C23H38O3. The number of carbonyl (C=O) groups is 1. The minimum Gasteiger partial charge on any atom is -0.460 e. The number of rotatable bonds is 14. The van der Waals surface area contributed by atoms with E-state index < -0.39 is 6.10 Å². The van der Waals surface area contributed by atoms with Crippen molar-refractivity contribution in [3.05, 3.63) is 12.2 Å². The van der Waals surface area contributed by atoms with Crippen LogP contribution in [0.15, 0.2) is 12.2 Å². The van der Waals surface area contributed by atoms with E-state index in [1.807, 2.05) is 0 Å². The largest absolute Gasteiger partial charge is 0.460 e. The fourth-order valence-corrected chi connectivity index (χ4v) is 3.19. The lowest BCUT2D eigenvalue weighted by Gasteiger charge is -2.15. The molecule has 3 heteroatoms.